The van der Waals surface area contributed by atoms with Gasteiger partial charge in [-0.3, -0.25) is 4.79 Å². The maximum absolute atomic E-state index is 12.3. The van der Waals surface area contributed by atoms with Gasteiger partial charge in [-0.05, 0) is 38.1 Å². The van der Waals surface area contributed by atoms with Gasteiger partial charge < -0.3 is 4.90 Å². The van der Waals surface area contributed by atoms with Crippen LogP contribution in [0.25, 0.3) is 0 Å². The summed E-state index contributed by atoms with van der Waals surface area (Å²) in [6.07, 6.45) is 0. The molecule has 2 rings (SSSR count). The summed E-state index contributed by atoms with van der Waals surface area (Å²) in [4.78, 5) is 20.5. The zero-order chi connectivity index (χ0) is 14.0. The number of pyridine rings is 1. The topological polar surface area (TPSA) is 33.2 Å². The fourth-order valence-electron chi connectivity index (χ4n) is 1.75. The van der Waals surface area contributed by atoms with Gasteiger partial charge in [0.2, 0.25) is 0 Å². The molecule has 3 nitrogen and oxygen atoms in total. The monoisotopic (exact) mass is 294 g/mol. The number of carbonyl (C=O) groups excluding carboxylic acids is 1. The average molecular weight is 295 g/mol. The fourth-order valence-corrected chi connectivity index (χ4v) is 2.89. The number of aryl methyl sites for hydroxylation is 1. The van der Waals surface area contributed by atoms with Gasteiger partial charge in [-0.1, -0.05) is 17.7 Å². The van der Waals surface area contributed by atoms with E-state index >= 15 is 0 Å². The molecule has 0 aromatic carbocycles. The van der Waals surface area contributed by atoms with Gasteiger partial charge in [0.25, 0.3) is 5.91 Å². The second kappa shape index (κ2) is 5.72. The van der Waals surface area contributed by atoms with Crippen LogP contribution in [0.15, 0.2) is 30.3 Å². The van der Waals surface area contributed by atoms with Crippen LogP contribution in [0.2, 0.25) is 5.15 Å². The SMILES string of the molecule is Cc1ccc(C(C)N(C)C(=O)c2cccc(Cl)n2)s1. The lowest BCUT2D eigenvalue weighted by atomic mass is 10.2. The third-order valence-electron chi connectivity index (χ3n) is 3.01. The Morgan fingerprint density at radius 1 is 1.37 bits per heavy atom. The van der Waals surface area contributed by atoms with Crippen molar-refractivity contribution in [1.82, 2.24) is 9.88 Å². The Kier molecular flexibility index (Phi) is 4.22. The van der Waals surface area contributed by atoms with Crippen LogP contribution in [0.1, 0.15) is 33.2 Å². The van der Waals surface area contributed by atoms with Crippen LogP contribution in [-0.2, 0) is 0 Å². The summed E-state index contributed by atoms with van der Waals surface area (Å²) in [7, 11) is 1.78. The lowest BCUT2D eigenvalue weighted by Crippen LogP contribution is -2.29. The normalized spacial score (nSPS) is 12.2. The van der Waals surface area contributed by atoms with Gasteiger partial charge >= 0.3 is 0 Å². The maximum Gasteiger partial charge on any atom is 0.272 e. The van der Waals surface area contributed by atoms with E-state index in [1.807, 2.05) is 6.92 Å². The molecule has 0 radical (unpaired) electrons. The quantitative estimate of drug-likeness (QED) is 0.803. The predicted molar refractivity (Wildman–Crippen MR) is 78.8 cm³/mol. The number of rotatable bonds is 3. The van der Waals surface area contributed by atoms with E-state index in [-0.39, 0.29) is 11.9 Å². The van der Waals surface area contributed by atoms with Crippen molar-refractivity contribution in [3.63, 3.8) is 0 Å². The van der Waals surface area contributed by atoms with Crippen LogP contribution in [0.5, 0.6) is 0 Å². The maximum atomic E-state index is 12.3. The number of hydrogen-bond donors (Lipinski definition) is 0. The standard InChI is InChI=1S/C14H15ClN2OS/c1-9-7-8-12(19-9)10(2)17(3)14(18)11-5-4-6-13(15)16-11/h4-8,10H,1-3H3. The van der Waals surface area contributed by atoms with E-state index in [1.54, 1.807) is 41.5 Å². The number of nitrogens with zero attached hydrogens (tertiary/aromatic N) is 2. The Labute approximate surface area is 121 Å². The fraction of sp³-hybridized carbons (Fsp3) is 0.286. The molecule has 0 spiro atoms. The lowest BCUT2D eigenvalue weighted by molar-refractivity contribution is 0.0739. The largest absolute Gasteiger partial charge is 0.333 e. The number of aromatic nitrogens is 1. The smallest absolute Gasteiger partial charge is 0.272 e. The highest BCUT2D eigenvalue weighted by Crippen LogP contribution is 2.27. The summed E-state index contributed by atoms with van der Waals surface area (Å²) >= 11 is 7.51. The van der Waals surface area contributed by atoms with Crippen LogP contribution in [0.4, 0.5) is 0 Å². The van der Waals surface area contributed by atoms with Crippen LogP contribution in [0, 0.1) is 6.92 Å². The van der Waals surface area contributed by atoms with Crippen molar-refractivity contribution in [2.24, 2.45) is 0 Å². The Morgan fingerprint density at radius 3 is 2.68 bits per heavy atom. The molecule has 1 unspecified atom stereocenters. The first-order valence-electron chi connectivity index (χ1n) is 5.95. The predicted octanol–water partition coefficient (Wildman–Crippen LogP) is 3.94. The summed E-state index contributed by atoms with van der Waals surface area (Å²) in [6, 6.07) is 9.21. The number of halogens is 1. The van der Waals surface area contributed by atoms with E-state index in [2.05, 4.69) is 24.0 Å². The second-order valence-corrected chi connectivity index (χ2v) is 6.09. The summed E-state index contributed by atoms with van der Waals surface area (Å²) in [5.74, 6) is -0.124. The first-order chi connectivity index (χ1) is 8.99. The summed E-state index contributed by atoms with van der Waals surface area (Å²) in [5.41, 5.74) is 0.370. The molecule has 0 N–H and O–H groups in total. The molecule has 100 valence electrons. The van der Waals surface area contributed by atoms with Crippen molar-refractivity contribution in [2.75, 3.05) is 7.05 Å². The van der Waals surface area contributed by atoms with Gasteiger partial charge in [-0.15, -0.1) is 11.3 Å². The number of hydrogen-bond acceptors (Lipinski definition) is 3. The van der Waals surface area contributed by atoms with Gasteiger partial charge in [0, 0.05) is 16.8 Å². The first-order valence-corrected chi connectivity index (χ1v) is 7.14. The van der Waals surface area contributed by atoms with Crippen molar-refractivity contribution in [3.05, 3.63) is 50.9 Å². The molecule has 0 aliphatic carbocycles. The highest BCUT2D eigenvalue weighted by molar-refractivity contribution is 7.12. The Bertz CT molecular complexity index is 597. The minimum atomic E-state index is -0.124. The number of amides is 1. The van der Waals surface area contributed by atoms with Gasteiger partial charge in [-0.2, -0.15) is 0 Å². The number of thiophene rings is 1. The lowest BCUT2D eigenvalue weighted by Gasteiger charge is -2.23. The van der Waals surface area contributed by atoms with E-state index in [4.69, 9.17) is 11.6 Å². The zero-order valence-electron chi connectivity index (χ0n) is 11.1. The van der Waals surface area contributed by atoms with Gasteiger partial charge in [0.15, 0.2) is 0 Å². The molecule has 0 aliphatic heterocycles. The summed E-state index contributed by atoms with van der Waals surface area (Å²) < 4.78 is 0. The number of carbonyl (C=O) groups is 1. The van der Waals surface area contributed by atoms with E-state index in [0.29, 0.717) is 10.8 Å². The molecule has 19 heavy (non-hydrogen) atoms. The summed E-state index contributed by atoms with van der Waals surface area (Å²) in [5, 5.41) is 0.332. The van der Waals surface area contributed by atoms with Crippen molar-refractivity contribution >= 4 is 28.8 Å². The van der Waals surface area contributed by atoms with Crippen LogP contribution in [0.3, 0.4) is 0 Å². The molecule has 1 atom stereocenters. The van der Waals surface area contributed by atoms with Crippen LogP contribution >= 0.6 is 22.9 Å². The molecule has 0 saturated carbocycles. The van der Waals surface area contributed by atoms with E-state index in [1.165, 1.54) is 4.88 Å². The Morgan fingerprint density at radius 2 is 2.11 bits per heavy atom. The third-order valence-corrected chi connectivity index (χ3v) is 4.39. The molecule has 1 amide bonds. The Hall–Kier alpha value is -1.39. The van der Waals surface area contributed by atoms with Gasteiger partial charge in [0.1, 0.15) is 10.8 Å². The molecule has 0 saturated heterocycles. The second-order valence-electron chi connectivity index (χ2n) is 4.39. The third kappa shape index (κ3) is 3.14. The van der Waals surface area contributed by atoms with Crippen molar-refractivity contribution < 1.29 is 4.79 Å². The highest BCUT2D eigenvalue weighted by atomic mass is 35.5. The molecule has 2 heterocycles. The first kappa shape index (κ1) is 14.0. The van der Waals surface area contributed by atoms with Crippen molar-refractivity contribution in [3.8, 4) is 0 Å². The van der Waals surface area contributed by atoms with Crippen molar-refractivity contribution in [1.29, 1.82) is 0 Å². The summed E-state index contributed by atoms with van der Waals surface area (Å²) in [6.45, 7) is 4.06. The molecule has 2 aromatic heterocycles. The molecule has 0 bridgehead atoms. The van der Waals surface area contributed by atoms with Crippen LogP contribution in [-0.4, -0.2) is 22.8 Å². The van der Waals surface area contributed by atoms with E-state index in [0.717, 1.165) is 4.88 Å². The highest BCUT2D eigenvalue weighted by Gasteiger charge is 2.21. The molecule has 0 aliphatic rings. The van der Waals surface area contributed by atoms with Crippen LogP contribution < -0.4 is 0 Å². The molecule has 2 aromatic rings. The molecular weight excluding hydrogens is 280 g/mol. The molecule has 5 heteroatoms. The minimum Gasteiger partial charge on any atom is -0.333 e. The minimum absolute atomic E-state index is 0.0204. The molecule has 0 fully saturated rings. The van der Waals surface area contributed by atoms with Gasteiger partial charge in [0.05, 0.1) is 6.04 Å². The zero-order valence-corrected chi connectivity index (χ0v) is 12.6. The van der Waals surface area contributed by atoms with E-state index in [9.17, 15) is 4.79 Å². The molecular formula is C14H15ClN2OS. The van der Waals surface area contributed by atoms with Gasteiger partial charge in [-0.25, -0.2) is 4.98 Å². The Balaban J connectivity index is 2.19. The van der Waals surface area contributed by atoms with E-state index < -0.39 is 0 Å². The van der Waals surface area contributed by atoms with Crippen molar-refractivity contribution in [2.45, 2.75) is 19.9 Å². The average Bonchev–Trinajstić information content (AvgIpc) is 2.83.